The first-order valence-electron chi connectivity index (χ1n) is 7.28. The number of nitrogens with zero attached hydrogens (tertiary/aromatic N) is 3. The SMILES string of the molecule is CC(C)C[C@H](N)C(=O)N1CCN(C(=O)CN(C)C)CC1. The van der Waals surface area contributed by atoms with E-state index in [1.165, 1.54) is 0 Å². The van der Waals surface area contributed by atoms with Crippen molar-refractivity contribution in [3.05, 3.63) is 0 Å². The van der Waals surface area contributed by atoms with Gasteiger partial charge in [-0.3, -0.25) is 9.59 Å². The van der Waals surface area contributed by atoms with Crippen molar-refractivity contribution in [3.8, 4) is 0 Å². The summed E-state index contributed by atoms with van der Waals surface area (Å²) in [5, 5.41) is 0. The zero-order valence-corrected chi connectivity index (χ0v) is 13.1. The molecular weight excluding hydrogens is 256 g/mol. The van der Waals surface area contributed by atoms with Gasteiger partial charge in [0.15, 0.2) is 0 Å². The van der Waals surface area contributed by atoms with E-state index in [4.69, 9.17) is 5.73 Å². The molecule has 0 unspecified atom stereocenters. The summed E-state index contributed by atoms with van der Waals surface area (Å²) in [6.45, 7) is 6.92. The van der Waals surface area contributed by atoms with Crippen molar-refractivity contribution in [2.24, 2.45) is 11.7 Å². The van der Waals surface area contributed by atoms with Crippen LogP contribution in [0.5, 0.6) is 0 Å². The van der Waals surface area contributed by atoms with Crippen LogP contribution < -0.4 is 5.73 Å². The van der Waals surface area contributed by atoms with Crippen molar-refractivity contribution in [1.82, 2.24) is 14.7 Å². The second-order valence-electron chi connectivity index (χ2n) is 6.18. The lowest BCUT2D eigenvalue weighted by Gasteiger charge is -2.36. The van der Waals surface area contributed by atoms with Crippen LogP contribution in [-0.4, -0.2) is 79.4 Å². The fraction of sp³-hybridized carbons (Fsp3) is 0.857. The lowest BCUT2D eigenvalue weighted by Crippen LogP contribution is -2.55. The average Bonchev–Trinajstić information content (AvgIpc) is 2.36. The van der Waals surface area contributed by atoms with Crippen LogP contribution >= 0.6 is 0 Å². The number of carbonyl (C=O) groups is 2. The Morgan fingerprint density at radius 1 is 1.10 bits per heavy atom. The molecular formula is C14H28N4O2. The quantitative estimate of drug-likeness (QED) is 0.745. The van der Waals surface area contributed by atoms with Gasteiger partial charge in [0, 0.05) is 26.2 Å². The molecule has 1 fully saturated rings. The zero-order chi connectivity index (χ0) is 15.3. The Labute approximate surface area is 121 Å². The number of hydrogen-bond donors (Lipinski definition) is 1. The summed E-state index contributed by atoms with van der Waals surface area (Å²) in [6.07, 6.45) is 0.707. The maximum absolute atomic E-state index is 12.2. The first-order valence-corrected chi connectivity index (χ1v) is 7.28. The Kier molecular flexibility index (Phi) is 6.42. The van der Waals surface area contributed by atoms with Crippen LogP contribution in [0.2, 0.25) is 0 Å². The van der Waals surface area contributed by atoms with Crippen LogP contribution in [0.4, 0.5) is 0 Å². The fourth-order valence-corrected chi connectivity index (χ4v) is 2.39. The topological polar surface area (TPSA) is 69.9 Å². The van der Waals surface area contributed by atoms with Gasteiger partial charge >= 0.3 is 0 Å². The maximum atomic E-state index is 12.2. The number of hydrogen-bond acceptors (Lipinski definition) is 4. The lowest BCUT2D eigenvalue weighted by atomic mass is 10.0. The smallest absolute Gasteiger partial charge is 0.239 e. The molecule has 0 spiro atoms. The molecule has 1 aliphatic heterocycles. The molecule has 2 amide bonds. The summed E-state index contributed by atoms with van der Waals surface area (Å²) in [6, 6.07) is -0.418. The first-order chi connectivity index (χ1) is 9.31. The highest BCUT2D eigenvalue weighted by Gasteiger charge is 2.27. The van der Waals surface area contributed by atoms with E-state index in [1.54, 1.807) is 4.90 Å². The molecule has 0 aromatic heterocycles. The van der Waals surface area contributed by atoms with E-state index in [1.807, 2.05) is 23.9 Å². The van der Waals surface area contributed by atoms with Crippen LogP contribution in [-0.2, 0) is 9.59 Å². The third-order valence-corrected chi connectivity index (χ3v) is 3.44. The van der Waals surface area contributed by atoms with E-state index in [-0.39, 0.29) is 11.8 Å². The van der Waals surface area contributed by atoms with Crippen LogP contribution in [0.3, 0.4) is 0 Å². The van der Waals surface area contributed by atoms with Gasteiger partial charge in [-0.2, -0.15) is 0 Å². The molecule has 1 heterocycles. The highest BCUT2D eigenvalue weighted by atomic mass is 16.2. The molecule has 0 saturated carbocycles. The zero-order valence-electron chi connectivity index (χ0n) is 13.1. The number of carbonyl (C=O) groups excluding carboxylic acids is 2. The van der Waals surface area contributed by atoms with E-state index >= 15 is 0 Å². The molecule has 6 heteroatoms. The minimum absolute atomic E-state index is 0.0124. The Morgan fingerprint density at radius 3 is 2.05 bits per heavy atom. The van der Waals surface area contributed by atoms with Gasteiger partial charge in [0.2, 0.25) is 11.8 Å². The Balaban J connectivity index is 2.41. The molecule has 1 saturated heterocycles. The molecule has 1 aliphatic rings. The van der Waals surface area contributed by atoms with E-state index in [0.29, 0.717) is 45.1 Å². The molecule has 116 valence electrons. The molecule has 0 aliphatic carbocycles. The molecule has 0 radical (unpaired) electrons. The maximum Gasteiger partial charge on any atom is 0.239 e. The van der Waals surface area contributed by atoms with Crippen molar-refractivity contribution < 1.29 is 9.59 Å². The largest absolute Gasteiger partial charge is 0.338 e. The summed E-state index contributed by atoms with van der Waals surface area (Å²) in [4.78, 5) is 29.6. The number of rotatable bonds is 5. The van der Waals surface area contributed by atoms with E-state index in [0.717, 1.165) is 0 Å². The second-order valence-corrected chi connectivity index (χ2v) is 6.18. The number of piperazine rings is 1. The summed E-state index contributed by atoms with van der Waals surface area (Å²) in [7, 11) is 3.76. The van der Waals surface area contributed by atoms with Gasteiger partial charge < -0.3 is 20.4 Å². The first kappa shape index (κ1) is 16.9. The van der Waals surface area contributed by atoms with Gasteiger partial charge in [0.1, 0.15) is 0 Å². The Morgan fingerprint density at radius 2 is 1.60 bits per heavy atom. The van der Waals surface area contributed by atoms with Crippen LogP contribution in [0, 0.1) is 5.92 Å². The molecule has 6 nitrogen and oxygen atoms in total. The van der Waals surface area contributed by atoms with Gasteiger partial charge in [-0.25, -0.2) is 0 Å². The minimum atomic E-state index is -0.418. The summed E-state index contributed by atoms with van der Waals surface area (Å²) < 4.78 is 0. The molecule has 0 aromatic carbocycles. The van der Waals surface area contributed by atoms with E-state index in [9.17, 15) is 9.59 Å². The standard InChI is InChI=1S/C14H28N4O2/c1-11(2)9-12(15)14(20)18-7-5-17(6-8-18)13(19)10-16(3)4/h11-12H,5-10,15H2,1-4H3/t12-/m0/s1. The molecule has 2 N–H and O–H groups in total. The average molecular weight is 284 g/mol. The molecule has 20 heavy (non-hydrogen) atoms. The van der Waals surface area contributed by atoms with Crippen LogP contribution in [0.25, 0.3) is 0 Å². The molecule has 0 bridgehead atoms. The number of nitrogens with two attached hydrogens (primary N) is 1. The van der Waals surface area contributed by atoms with Crippen molar-refractivity contribution >= 4 is 11.8 Å². The summed E-state index contributed by atoms with van der Waals surface area (Å²) in [5.41, 5.74) is 5.93. The normalized spacial score (nSPS) is 17.8. The molecule has 1 atom stereocenters. The number of amides is 2. The van der Waals surface area contributed by atoms with Crippen molar-refractivity contribution in [2.75, 3.05) is 46.8 Å². The van der Waals surface area contributed by atoms with Gasteiger partial charge in [0.25, 0.3) is 0 Å². The molecule has 0 aromatic rings. The fourth-order valence-electron chi connectivity index (χ4n) is 2.39. The third-order valence-electron chi connectivity index (χ3n) is 3.44. The van der Waals surface area contributed by atoms with Crippen molar-refractivity contribution in [2.45, 2.75) is 26.3 Å². The Bertz CT molecular complexity index is 336. The third kappa shape index (κ3) is 5.09. The highest BCUT2D eigenvalue weighted by molar-refractivity contribution is 5.82. The van der Waals surface area contributed by atoms with Crippen LogP contribution in [0.15, 0.2) is 0 Å². The minimum Gasteiger partial charge on any atom is -0.338 e. The summed E-state index contributed by atoms with van der Waals surface area (Å²) >= 11 is 0. The second kappa shape index (κ2) is 7.59. The number of likely N-dealkylation sites (N-methyl/N-ethyl adjacent to an activating group) is 1. The molecule has 1 rings (SSSR count). The predicted molar refractivity (Wildman–Crippen MR) is 79.1 cm³/mol. The Hall–Kier alpha value is -1.14. The van der Waals surface area contributed by atoms with Gasteiger partial charge in [0.05, 0.1) is 12.6 Å². The van der Waals surface area contributed by atoms with Crippen LogP contribution in [0.1, 0.15) is 20.3 Å². The van der Waals surface area contributed by atoms with Gasteiger partial charge in [-0.15, -0.1) is 0 Å². The van der Waals surface area contributed by atoms with Crippen molar-refractivity contribution in [3.63, 3.8) is 0 Å². The van der Waals surface area contributed by atoms with E-state index < -0.39 is 6.04 Å². The summed E-state index contributed by atoms with van der Waals surface area (Å²) in [5.74, 6) is 0.545. The van der Waals surface area contributed by atoms with Gasteiger partial charge in [-0.05, 0) is 26.4 Å². The van der Waals surface area contributed by atoms with Gasteiger partial charge in [-0.1, -0.05) is 13.8 Å². The lowest BCUT2D eigenvalue weighted by molar-refractivity contribution is -0.140. The van der Waals surface area contributed by atoms with Crippen molar-refractivity contribution in [1.29, 1.82) is 0 Å². The highest BCUT2D eigenvalue weighted by Crippen LogP contribution is 2.09. The predicted octanol–water partition coefficient (Wildman–Crippen LogP) is -0.408. The van der Waals surface area contributed by atoms with E-state index in [2.05, 4.69) is 13.8 Å². The monoisotopic (exact) mass is 284 g/mol.